The van der Waals surface area contributed by atoms with Crippen LogP contribution in [0.3, 0.4) is 0 Å². The Morgan fingerprint density at radius 2 is 1.69 bits per heavy atom. The number of ether oxygens (including phenoxy) is 1. The molecule has 2 aliphatic heterocycles. The summed E-state index contributed by atoms with van der Waals surface area (Å²) >= 11 is 0. The summed E-state index contributed by atoms with van der Waals surface area (Å²) in [6.07, 6.45) is 3.40. The predicted octanol–water partition coefficient (Wildman–Crippen LogP) is 5.34. The number of nitrogens with one attached hydrogen (secondary N) is 3. The first-order valence-corrected chi connectivity index (χ1v) is 14.2. The number of benzene rings is 3. The van der Waals surface area contributed by atoms with Crippen molar-refractivity contribution in [3.8, 4) is 0 Å². The molecule has 1 aromatic heterocycles. The monoisotopic (exact) mass is 559 g/mol. The van der Waals surface area contributed by atoms with Gasteiger partial charge in [0.25, 0.3) is 11.8 Å². The van der Waals surface area contributed by atoms with E-state index in [4.69, 9.17) is 4.74 Å². The van der Waals surface area contributed by atoms with E-state index in [1.165, 1.54) is 5.56 Å². The number of fused-ring (bicyclic) bond motifs is 1. The molecule has 8 heteroatoms. The molecule has 1 saturated heterocycles. The van der Waals surface area contributed by atoms with Crippen molar-refractivity contribution in [2.24, 2.45) is 0 Å². The topological polar surface area (TPSA) is 95.6 Å². The van der Waals surface area contributed by atoms with Crippen LogP contribution in [0.2, 0.25) is 0 Å². The summed E-state index contributed by atoms with van der Waals surface area (Å²) in [4.78, 5) is 33.2. The molecule has 6 rings (SSSR count). The number of pyridine rings is 1. The highest BCUT2D eigenvalue weighted by molar-refractivity contribution is 6.37. The first-order chi connectivity index (χ1) is 20.5. The Bertz CT molecular complexity index is 1600. The zero-order chi connectivity index (χ0) is 28.9. The van der Waals surface area contributed by atoms with Gasteiger partial charge in [0.05, 0.1) is 30.5 Å². The van der Waals surface area contributed by atoms with E-state index in [-0.39, 0.29) is 17.9 Å². The third-order valence-electron chi connectivity index (χ3n) is 7.63. The third-order valence-corrected chi connectivity index (χ3v) is 7.63. The maximum atomic E-state index is 13.4. The summed E-state index contributed by atoms with van der Waals surface area (Å²) < 4.78 is 5.46. The number of amides is 2. The number of anilines is 2. The Balaban J connectivity index is 1.30. The molecule has 2 amide bonds. The van der Waals surface area contributed by atoms with E-state index < -0.39 is 0 Å². The lowest BCUT2D eigenvalue weighted by Gasteiger charge is -2.26. The van der Waals surface area contributed by atoms with Crippen LogP contribution < -0.4 is 16.0 Å². The van der Waals surface area contributed by atoms with E-state index in [9.17, 15) is 9.59 Å². The van der Waals surface area contributed by atoms with Crippen LogP contribution >= 0.6 is 0 Å². The van der Waals surface area contributed by atoms with Crippen LogP contribution in [0.4, 0.5) is 11.4 Å². The van der Waals surface area contributed by atoms with Gasteiger partial charge in [-0.1, -0.05) is 42.5 Å². The fraction of sp³-hybridized carbons (Fsp3) is 0.206. The summed E-state index contributed by atoms with van der Waals surface area (Å²) in [7, 11) is 0. The number of hydrogen-bond acceptors (Lipinski definition) is 6. The number of rotatable bonds is 8. The zero-order valence-corrected chi connectivity index (χ0v) is 23.5. The molecule has 0 saturated carbocycles. The van der Waals surface area contributed by atoms with Crippen LogP contribution in [0.15, 0.2) is 97.3 Å². The normalized spacial score (nSPS) is 16.7. The standard InChI is InChI=1S/C34H33N5O3/c1-23(25-5-3-2-4-6-25)36-33(40)27-9-12-30-29(21-27)31(34(41)38-30)32(26-13-15-35-16-14-26)37-28-10-7-24(8-11-28)22-39-17-19-42-20-18-39/h2-16,21,23,37H,17-20,22H2,1H3,(H,36,40)(H,38,41)/t23-/m1/s1. The van der Waals surface area contributed by atoms with Crippen molar-refractivity contribution < 1.29 is 14.3 Å². The molecule has 8 nitrogen and oxygen atoms in total. The second kappa shape index (κ2) is 12.4. The molecule has 1 fully saturated rings. The fourth-order valence-electron chi connectivity index (χ4n) is 5.31. The quantitative estimate of drug-likeness (QED) is 0.253. The molecule has 3 N–H and O–H groups in total. The van der Waals surface area contributed by atoms with Gasteiger partial charge in [-0.25, -0.2) is 0 Å². The number of morpholine rings is 1. The summed E-state index contributed by atoms with van der Waals surface area (Å²) in [6.45, 7) is 6.21. The third kappa shape index (κ3) is 6.10. The van der Waals surface area contributed by atoms with Gasteiger partial charge in [0, 0.05) is 60.1 Å². The van der Waals surface area contributed by atoms with Crippen molar-refractivity contribution >= 4 is 34.5 Å². The molecule has 0 aliphatic carbocycles. The minimum absolute atomic E-state index is 0.165. The van der Waals surface area contributed by atoms with Gasteiger partial charge in [-0.05, 0) is 60.5 Å². The summed E-state index contributed by atoms with van der Waals surface area (Å²) in [5.41, 5.74) is 6.82. The maximum absolute atomic E-state index is 13.4. The lowest BCUT2D eigenvalue weighted by molar-refractivity contribution is -0.110. The van der Waals surface area contributed by atoms with Crippen LogP contribution in [0, 0.1) is 0 Å². The molecule has 1 atom stereocenters. The second-order valence-corrected chi connectivity index (χ2v) is 10.5. The molecule has 4 aromatic rings. The average molecular weight is 560 g/mol. The lowest BCUT2D eigenvalue weighted by Crippen LogP contribution is -2.35. The smallest absolute Gasteiger partial charge is 0.258 e. The first-order valence-electron chi connectivity index (χ1n) is 14.2. The summed E-state index contributed by atoms with van der Waals surface area (Å²) in [5, 5.41) is 9.54. The molecule has 3 heterocycles. The fourth-order valence-corrected chi connectivity index (χ4v) is 5.31. The molecule has 0 unspecified atom stereocenters. The Morgan fingerprint density at radius 3 is 2.43 bits per heavy atom. The highest BCUT2D eigenvalue weighted by atomic mass is 16.5. The van der Waals surface area contributed by atoms with Crippen molar-refractivity contribution in [3.63, 3.8) is 0 Å². The molecule has 0 spiro atoms. The molecule has 0 bridgehead atoms. The van der Waals surface area contributed by atoms with E-state index in [1.54, 1.807) is 30.6 Å². The SMILES string of the molecule is C[C@@H](NC(=O)c1ccc2c(c1)C(=C(Nc1ccc(CN3CCOCC3)cc1)c1ccncc1)C(=O)N2)c1ccccc1. The Kier molecular flexibility index (Phi) is 8.07. The van der Waals surface area contributed by atoms with Crippen molar-refractivity contribution in [1.29, 1.82) is 0 Å². The number of carbonyl (C=O) groups excluding carboxylic acids is 2. The maximum Gasteiger partial charge on any atom is 0.258 e. The summed E-state index contributed by atoms with van der Waals surface area (Å²) in [5.74, 6) is -0.439. The lowest BCUT2D eigenvalue weighted by atomic mass is 9.98. The molecular formula is C34H33N5O3. The van der Waals surface area contributed by atoms with Crippen LogP contribution in [-0.4, -0.2) is 48.0 Å². The molecule has 2 aliphatic rings. The van der Waals surface area contributed by atoms with Crippen LogP contribution in [0.1, 0.15) is 45.6 Å². The van der Waals surface area contributed by atoms with Gasteiger partial charge in [-0.3, -0.25) is 19.5 Å². The summed E-state index contributed by atoms with van der Waals surface area (Å²) in [6, 6.07) is 27.0. The highest BCUT2D eigenvalue weighted by Crippen LogP contribution is 2.38. The van der Waals surface area contributed by atoms with Crippen LogP contribution in [0.5, 0.6) is 0 Å². The van der Waals surface area contributed by atoms with E-state index in [0.29, 0.717) is 28.1 Å². The average Bonchev–Trinajstić information content (AvgIpc) is 3.36. The van der Waals surface area contributed by atoms with Crippen molar-refractivity contribution in [2.75, 3.05) is 36.9 Å². The van der Waals surface area contributed by atoms with E-state index in [1.807, 2.05) is 61.5 Å². The Hall–Kier alpha value is -4.79. The van der Waals surface area contributed by atoms with E-state index in [0.717, 1.165) is 49.7 Å². The molecule has 0 radical (unpaired) electrons. The molecular weight excluding hydrogens is 526 g/mol. The first kappa shape index (κ1) is 27.4. The van der Waals surface area contributed by atoms with Gasteiger partial charge in [-0.2, -0.15) is 0 Å². The number of nitrogens with zero attached hydrogens (tertiary/aromatic N) is 2. The van der Waals surface area contributed by atoms with Gasteiger partial charge < -0.3 is 20.7 Å². The minimum Gasteiger partial charge on any atom is -0.379 e. The van der Waals surface area contributed by atoms with Crippen molar-refractivity contribution in [3.05, 3.63) is 125 Å². The zero-order valence-electron chi connectivity index (χ0n) is 23.5. The predicted molar refractivity (Wildman–Crippen MR) is 165 cm³/mol. The van der Waals surface area contributed by atoms with Crippen molar-refractivity contribution in [2.45, 2.75) is 19.5 Å². The van der Waals surface area contributed by atoms with Gasteiger partial charge in [-0.15, -0.1) is 0 Å². The van der Waals surface area contributed by atoms with Crippen LogP contribution in [-0.2, 0) is 16.1 Å². The van der Waals surface area contributed by atoms with Crippen molar-refractivity contribution in [1.82, 2.24) is 15.2 Å². The van der Waals surface area contributed by atoms with Gasteiger partial charge in [0.2, 0.25) is 0 Å². The van der Waals surface area contributed by atoms with E-state index >= 15 is 0 Å². The number of hydrogen-bond donors (Lipinski definition) is 3. The Labute approximate surface area is 245 Å². The van der Waals surface area contributed by atoms with Gasteiger partial charge in [0.15, 0.2) is 0 Å². The number of aromatic nitrogens is 1. The number of carbonyl (C=O) groups is 2. The van der Waals surface area contributed by atoms with Gasteiger partial charge >= 0.3 is 0 Å². The van der Waals surface area contributed by atoms with Crippen LogP contribution in [0.25, 0.3) is 11.3 Å². The van der Waals surface area contributed by atoms with Gasteiger partial charge in [0.1, 0.15) is 0 Å². The molecule has 3 aromatic carbocycles. The molecule has 42 heavy (non-hydrogen) atoms. The van der Waals surface area contributed by atoms with E-state index in [2.05, 4.69) is 38.0 Å². The largest absolute Gasteiger partial charge is 0.379 e. The Morgan fingerprint density at radius 1 is 0.952 bits per heavy atom. The minimum atomic E-state index is -0.233. The molecule has 212 valence electrons. The highest BCUT2D eigenvalue weighted by Gasteiger charge is 2.29. The second-order valence-electron chi connectivity index (χ2n) is 10.5.